The SMILES string of the molecule is CCNC(=O)C(C)Nc1cc(F)c(C(=O)O)cc1[N+](=O)[O-]. The first-order valence-corrected chi connectivity index (χ1v) is 6.03. The lowest BCUT2D eigenvalue weighted by Gasteiger charge is -2.15. The molecule has 0 aromatic heterocycles. The zero-order chi connectivity index (χ0) is 16.2. The Balaban J connectivity index is 3.17. The van der Waals surface area contributed by atoms with Crippen molar-refractivity contribution in [1.82, 2.24) is 5.32 Å². The minimum absolute atomic E-state index is 0.263. The van der Waals surface area contributed by atoms with E-state index in [1.807, 2.05) is 0 Å². The fraction of sp³-hybridized carbons (Fsp3) is 0.333. The second-order valence-corrected chi connectivity index (χ2v) is 4.17. The minimum atomic E-state index is -1.61. The molecule has 21 heavy (non-hydrogen) atoms. The number of nitro groups is 1. The number of rotatable bonds is 6. The highest BCUT2D eigenvalue weighted by molar-refractivity contribution is 5.91. The number of benzene rings is 1. The second-order valence-electron chi connectivity index (χ2n) is 4.17. The average Bonchev–Trinajstić information content (AvgIpc) is 2.38. The topological polar surface area (TPSA) is 122 Å². The van der Waals surface area contributed by atoms with E-state index in [0.29, 0.717) is 18.7 Å². The largest absolute Gasteiger partial charge is 0.478 e. The predicted molar refractivity (Wildman–Crippen MR) is 71.8 cm³/mol. The van der Waals surface area contributed by atoms with Crippen LogP contribution in [0, 0.1) is 15.9 Å². The first-order valence-electron chi connectivity index (χ1n) is 6.03. The van der Waals surface area contributed by atoms with Crippen molar-refractivity contribution in [1.29, 1.82) is 0 Å². The number of hydrogen-bond acceptors (Lipinski definition) is 5. The fourth-order valence-electron chi connectivity index (χ4n) is 1.62. The van der Waals surface area contributed by atoms with Gasteiger partial charge in [0.25, 0.3) is 5.69 Å². The smallest absolute Gasteiger partial charge is 0.338 e. The maximum Gasteiger partial charge on any atom is 0.338 e. The molecule has 0 aliphatic rings. The molecule has 0 aliphatic heterocycles. The Morgan fingerprint density at radius 3 is 2.57 bits per heavy atom. The number of nitrogens with one attached hydrogen (secondary N) is 2. The van der Waals surface area contributed by atoms with Crippen LogP contribution < -0.4 is 10.6 Å². The van der Waals surface area contributed by atoms with Gasteiger partial charge in [-0.2, -0.15) is 0 Å². The third-order valence-electron chi connectivity index (χ3n) is 2.63. The summed E-state index contributed by atoms with van der Waals surface area (Å²) < 4.78 is 13.6. The van der Waals surface area contributed by atoms with Crippen LogP contribution in [0.15, 0.2) is 12.1 Å². The quantitative estimate of drug-likeness (QED) is 0.538. The van der Waals surface area contributed by atoms with E-state index in [1.54, 1.807) is 6.92 Å². The van der Waals surface area contributed by atoms with Crippen molar-refractivity contribution in [2.75, 3.05) is 11.9 Å². The summed E-state index contributed by atoms with van der Waals surface area (Å²) in [5, 5.41) is 24.7. The lowest BCUT2D eigenvalue weighted by molar-refractivity contribution is -0.384. The van der Waals surface area contributed by atoms with Crippen LogP contribution in [-0.4, -0.2) is 34.5 Å². The Labute approximate surface area is 119 Å². The number of carbonyl (C=O) groups is 2. The summed E-state index contributed by atoms with van der Waals surface area (Å²) in [7, 11) is 0. The predicted octanol–water partition coefficient (Wildman–Crippen LogP) is 1.37. The first-order chi connectivity index (χ1) is 9.77. The van der Waals surface area contributed by atoms with Crippen molar-refractivity contribution in [3.8, 4) is 0 Å². The van der Waals surface area contributed by atoms with Crippen LogP contribution in [0.2, 0.25) is 0 Å². The highest BCUT2D eigenvalue weighted by atomic mass is 19.1. The van der Waals surface area contributed by atoms with Crippen molar-refractivity contribution in [2.24, 2.45) is 0 Å². The number of nitro benzene ring substituents is 1. The van der Waals surface area contributed by atoms with E-state index in [4.69, 9.17) is 5.11 Å². The van der Waals surface area contributed by atoms with Gasteiger partial charge in [-0.3, -0.25) is 14.9 Å². The van der Waals surface area contributed by atoms with E-state index in [9.17, 15) is 24.1 Å². The van der Waals surface area contributed by atoms with Gasteiger partial charge < -0.3 is 15.7 Å². The molecule has 1 aromatic rings. The molecule has 9 heteroatoms. The number of carboxylic acids is 1. The van der Waals surface area contributed by atoms with Crippen molar-refractivity contribution in [2.45, 2.75) is 19.9 Å². The zero-order valence-electron chi connectivity index (χ0n) is 11.3. The summed E-state index contributed by atoms with van der Waals surface area (Å²) in [4.78, 5) is 32.4. The summed E-state index contributed by atoms with van der Waals surface area (Å²) >= 11 is 0. The number of carbonyl (C=O) groups excluding carboxylic acids is 1. The van der Waals surface area contributed by atoms with Crippen molar-refractivity contribution in [3.63, 3.8) is 0 Å². The molecule has 0 heterocycles. The maximum absolute atomic E-state index is 13.6. The van der Waals surface area contributed by atoms with Gasteiger partial charge in [-0.05, 0) is 13.8 Å². The average molecular weight is 299 g/mol. The number of likely N-dealkylation sites (N-methyl/N-ethyl adjacent to an activating group) is 1. The molecule has 0 aliphatic carbocycles. The van der Waals surface area contributed by atoms with Crippen LogP contribution in [0.1, 0.15) is 24.2 Å². The lowest BCUT2D eigenvalue weighted by atomic mass is 10.1. The molecule has 0 saturated carbocycles. The standard InChI is InChI=1S/C12H14FN3O5/c1-3-14-11(17)6(2)15-9-5-8(13)7(12(18)19)4-10(9)16(20)21/h4-6,15H,3H2,1-2H3,(H,14,17)(H,18,19). The van der Waals surface area contributed by atoms with Gasteiger partial charge in [-0.25, -0.2) is 9.18 Å². The normalized spacial score (nSPS) is 11.6. The van der Waals surface area contributed by atoms with Gasteiger partial charge in [0.2, 0.25) is 5.91 Å². The van der Waals surface area contributed by atoms with Gasteiger partial charge in [0.05, 0.1) is 4.92 Å². The highest BCUT2D eigenvalue weighted by Gasteiger charge is 2.24. The molecule has 1 unspecified atom stereocenters. The Hall–Kier alpha value is -2.71. The van der Waals surface area contributed by atoms with Crippen LogP contribution >= 0.6 is 0 Å². The molecule has 0 bridgehead atoms. The van der Waals surface area contributed by atoms with Crippen LogP contribution in [0.25, 0.3) is 0 Å². The van der Waals surface area contributed by atoms with Gasteiger partial charge in [-0.15, -0.1) is 0 Å². The Morgan fingerprint density at radius 1 is 1.48 bits per heavy atom. The number of amides is 1. The lowest BCUT2D eigenvalue weighted by Crippen LogP contribution is -2.37. The monoisotopic (exact) mass is 299 g/mol. The maximum atomic E-state index is 13.6. The van der Waals surface area contributed by atoms with Gasteiger partial charge in [0, 0.05) is 18.7 Å². The summed E-state index contributed by atoms with van der Waals surface area (Å²) in [6.45, 7) is 3.52. The third-order valence-corrected chi connectivity index (χ3v) is 2.63. The summed E-state index contributed by atoms with van der Waals surface area (Å²) in [6.07, 6.45) is 0. The molecule has 1 atom stereocenters. The Morgan fingerprint density at radius 2 is 2.10 bits per heavy atom. The van der Waals surface area contributed by atoms with E-state index in [2.05, 4.69) is 10.6 Å². The molecule has 1 aromatic carbocycles. The molecular weight excluding hydrogens is 285 g/mol. The molecule has 0 saturated heterocycles. The van der Waals surface area contributed by atoms with Crippen LogP contribution in [0.5, 0.6) is 0 Å². The minimum Gasteiger partial charge on any atom is -0.478 e. The Bertz CT molecular complexity index is 591. The van der Waals surface area contributed by atoms with E-state index in [-0.39, 0.29) is 5.69 Å². The van der Waals surface area contributed by atoms with E-state index in [0.717, 1.165) is 0 Å². The highest BCUT2D eigenvalue weighted by Crippen LogP contribution is 2.28. The summed E-state index contributed by atoms with van der Waals surface area (Å²) in [5.74, 6) is -3.16. The molecule has 0 radical (unpaired) electrons. The molecule has 1 rings (SSSR count). The number of carboxylic acid groups (broad SMARTS) is 1. The molecular formula is C12H14FN3O5. The van der Waals surface area contributed by atoms with Crippen LogP contribution in [0.3, 0.4) is 0 Å². The van der Waals surface area contributed by atoms with E-state index in [1.165, 1.54) is 6.92 Å². The van der Waals surface area contributed by atoms with Gasteiger partial charge in [-0.1, -0.05) is 0 Å². The van der Waals surface area contributed by atoms with Crippen molar-refractivity contribution in [3.05, 3.63) is 33.6 Å². The number of hydrogen-bond donors (Lipinski definition) is 3. The zero-order valence-corrected chi connectivity index (χ0v) is 11.3. The van der Waals surface area contributed by atoms with E-state index < -0.39 is 39.9 Å². The Kier molecular flexibility index (Phi) is 5.17. The number of anilines is 1. The molecule has 0 fully saturated rings. The van der Waals surface area contributed by atoms with Crippen molar-refractivity contribution < 1.29 is 24.0 Å². The van der Waals surface area contributed by atoms with Crippen LogP contribution in [0.4, 0.5) is 15.8 Å². The molecule has 8 nitrogen and oxygen atoms in total. The fourth-order valence-corrected chi connectivity index (χ4v) is 1.62. The van der Waals surface area contributed by atoms with E-state index >= 15 is 0 Å². The molecule has 1 amide bonds. The molecule has 0 spiro atoms. The molecule has 114 valence electrons. The van der Waals surface area contributed by atoms with Gasteiger partial charge in [0.15, 0.2) is 0 Å². The van der Waals surface area contributed by atoms with Gasteiger partial charge >= 0.3 is 5.97 Å². The number of nitrogens with zero attached hydrogens (tertiary/aromatic N) is 1. The van der Waals surface area contributed by atoms with Crippen LogP contribution in [-0.2, 0) is 4.79 Å². The van der Waals surface area contributed by atoms with Gasteiger partial charge in [0.1, 0.15) is 23.1 Å². The summed E-state index contributed by atoms with van der Waals surface area (Å²) in [6, 6.07) is 0.459. The second kappa shape index (κ2) is 6.64. The first kappa shape index (κ1) is 16.3. The third kappa shape index (κ3) is 3.88. The number of aromatic carboxylic acids is 1. The summed E-state index contributed by atoms with van der Waals surface area (Å²) in [5.41, 5.74) is -1.69. The number of halogens is 1. The molecule has 3 N–H and O–H groups in total. The van der Waals surface area contributed by atoms with Crippen molar-refractivity contribution >= 4 is 23.3 Å².